The van der Waals surface area contributed by atoms with E-state index in [0.29, 0.717) is 23.3 Å². The van der Waals surface area contributed by atoms with Crippen LogP contribution in [0.25, 0.3) is 10.9 Å². The van der Waals surface area contributed by atoms with Gasteiger partial charge in [-0.2, -0.15) is 0 Å². The SMILES string of the molecule is O=C(c1cnc2ccccc2c1)N(C[C@H]1C[C@@H]2C=C[C@@H]1C2)[C@@H]1CCCc2ccccc21. The van der Waals surface area contributed by atoms with E-state index in [2.05, 4.69) is 46.3 Å². The fourth-order valence-electron chi connectivity index (χ4n) is 6.11. The number of carbonyl (C=O) groups excluding carboxylic acids is 1. The standard InChI is InChI=1S/C28H28N2O/c31-28(23-16-22-7-2-4-10-26(22)29-17-23)30(18-24-15-19-12-13-21(24)14-19)27-11-5-8-20-6-1-3-9-25(20)27/h1-4,6-7,9-10,12-13,16-17,19,21,24,27H,5,8,11,14-15,18H2/t19-,21-,24-,27-/m1/s1. The molecule has 2 bridgehead atoms. The second-order valence-corrected chi connectivity index (χ2v) is 9.52. The van der Waals surface area contributed by atoms with E-state index in [1.165, 1.54) is 24.0 Å². The highest BCUT2D eigenvalue weighted by Crippen LogP contribution is 2.45. The van der Waals surface area contributed by atoms with E-state index in [4.69, 9.17) is 0 Å². The molecule has 0 unspecified atom stereocenters. The number of allylic oxidation sites excluding steroid dienone is 2. The number of benzene rings is 2. The molecule has 0 radical (unpaired) electrons. The molecule has 4 atom stereocenters. The third-order valence-corrected chi connectivity index (χ3v) is 7.66. The number of fused-ring (bicyclic) bond motifs is 4. The average Bonchev–Trinajstić information content (AvgIpc) is 3.45. The topological polar surface area (TPSA) is 33.2 Å². The minimum atomic E-state index is 0.131. The Labute approximate surface area is 183 Å². The van der Waals surface area contributed by atoms with Crippen LogP contribution >= 0.6 is 0 Å². The molecule has 156 valence electrons. The maximum Gasteiger partial charge on any atom is 0.255 e. The molecular weight excluding hydrogens is 380 g/mol. The van der Waals surface area contributed by atoms with Crippen molar-refractivity contribution in [2.75, 3.05) is 6.54 Å². The number of para-hydroxylation sites is 1. The van der Waals surface area contributed by atoms with Crippen molar-refractivity contribution in [3.8, 4) is 0 Å². The Morgan fingerprint density at radius 2 is 1.90 bits per heavy atom. The third kappa shape index (κ3) is 3.37. The van der Waals surface area contributed by atoms with E-state index in [-0.39, 0.29) is 11.9 Å². The summed E-state index contributed by atoms with van der Waals surface area (Å²) in [7, 11) is 0. The fourth-order valence-corrected chi connectivity index (χ4v) is 6.11. The Kier molecular flexibility index (Phi) is 4.63. The van der Waals surface area contributed by atoms with E-state index < -0.39 is 0 Å². The summed E-state index contributed by atoms with van der Waals surface area (Å²) in [6.45, 7) is 0.843. The molecule has 3 heteroatoms. The van der Waals surface area contributed by atoms with Crippen molar-refractivity contribution in [3.63, 3.8) is 0 Å². The molecule has 0 aliphatic heterocycles. The highest BCUT2D eigenvalue weighted by atomic mass is 16.2. The summed E-state index contributed by atoms with van der Waals surface area (Å²) in [4.78, 5) is 20.7. The first-order valence-electron chi connectivity index (χ1n) is 11.7. The smallest absolute Gasteiger partial charge is 0.255 e. The van der Waals surface area contributed by atoms with Crippen LogP contribution in [-0.4, -0.2) is 22.3 Å². The summed E-state index contributed by atoms with van der Waals surface area (Å²) >= 11 is 0. The van der Waals surface area contributed by atoms with Crippen LogP contribution in [-0.2, 0) is 6.42 Å². The van der Waals surface area contributed by atoms with Gasteiger partial charge >= 0.3 is 0 Å². The van der Waals surface area contributed by atoms with Gasteiger partial charge < -0.3 is 4.90 Å². The van der Waals surface area contributed by atoms with Crippen LogP contribution in [0.15, 0.2) is 72.9 Å². The van der Waals surface area contributed by atoms with Crippen LogP contribution in [0, 0.1) is 17.8 Å². The zero-order valence-electron chi connectivity index (χ0n) is 17.8. The van der Waals surface area contributed by atoms with E-state index in [9.17, 15) is 4.79 Å². The fraction of sp³-hybridized carbons (Fsp3) is 0.357. The van der Waals surface area contributed by atoms with Gasteiger partial charge in [0.1, 0.15) is 0 Å². The third-order valence-electron chi connectivity index (χ3n) is 7.66. The Balaban J connectivity index is 1.38. The minimum Gasteiger partial charge on any atom is -0.331 e. The summed E-state index contributed by atoms with van der Waals surface area (Å²) < 4.78 is 0. The number of hydrogen-bond donors (Lipinski definition) is 0. The van der Waals surface area contributed by atoms with Crippen molar-refractivity contribution in [3.05, 3.63) is 89.6 Å². The van der Waals surface area contributed by atoms with Crippen molar-refractivity contribution >= 4 is 16.8 Å². The number of carbonyl (C=O) groups is 1. The van der Waals surface area contributed by atoms with Crippen LogP contribution in [0.1, 0.15) is 53.2 Å². The molecule has 0 N–H and O–H groups in total. The first-order chi connectivity index (χ1) is 15.3. The van der Waals surface area contributed by atoms with Gasteiger partial charge in [0.2, 0.25) is 0 Å². The van der Waals surface area contributed by atoms with Gasteiger partial charge in [-0.15, -0.1) is 0 Å². The zero-order chi connectivity index (χ0) is 20.8. The van der Waals surface area contributed by atoms with Crippen molar-refractivity contribution in [2.45, 2.75) is 38.1 Å². The molecule has 3 nitrogen and oxygen atoms in total. The quantitative estimate of drug-likeness (QED) is 0.499. The lowest BCUT2D eigenvalue weighted by Gasteiger charge is -2.38. The zero-order valence-corrected chi connectivity index (χ0v) is 17.8. The van der Waals surface area contributed by atoms with E-state index in [0.717, 1.165) is 36.7 Å². The summed E-state index contributed by atoms with van der Waals surface area (Å²) in [6, 6.07) is 18.9. The van der Waals surface area contributed by atoms with Crippen LogP contribution in [0.5, 0.6) is 0 Å². The number of amides is 1. The molecule has 1 heterocycles. The first kappa shape index (κ1) is 18.8. The second-order valence-electron chi connectivity index (χ2n) is 9.52. The molecule has 0 spiro atoms. The van der Waals surface area contributed by atoms with Gasteiger partial charge in [-0.1, -0.05) is 54.6 Å². The van der Waals surface area contributed by atoms with Crippen molar-refractivity contribution < 1.29 is 4.79 Å². The molecule has 2 aromatic carbocycles. The Morgan fingerprint density at radius 1 is 1.03 bits per heavy atom. The summed E-state index contributed by atoms with van der Waals surface area (Å²) in [5, 5.41) is 1.03. The summed E-state index contributed by atoms with van der Waals surface area (Å²) in [5.41, 5.74) is 4.39. The predicted octanol–water partition coefficient (Wildman–Crippen LogP) is 5.97. The minimum absolute atomic E-state index is 0.131. The number of aromatic nitrogens is 1. The van der Waals surface area contributed by atoms with Gasteiger partial charge in [-0.3, -0.25) is 9.78 Å². The van der Waals surface area contributed by atoms with E-state index in [1.54, 1.807) is 6.20 Å². The second kappa shape index (κ2) is 7.64. The number of hydrogen-bond acceptors (Lipinski definition) is 2. The lowest BCUT2D eigenvalue weighted by Crippen LogP contribution is -2.40. The monoisotopic (exact) mass is 408 g/mol. The van der Waals surface area contributed by atoms with Crippen LogP contribution in [0.4, 0.5) is 0 Å². The lowest BCUT2D eigenvalue weighted by molar-refractivity contribution is 0.0604. The predicted molar refractivity (Wildman–Crippen MR) is 124 cm³/mol. The number of nitrogens with zero attached hydrogens (tertiary/aromatic N) is 2. The van der Waals surface area contributed by atoms with E-state index >= 15 is 0 Å². The van der Waals surface area contributed by atoms with Gasteiger partial charge in [0.25, 0.3) is 5.91 Å². The maximum atomic E-state index is 14.0. The molecule has 1 fully saturated rings. The highest BCUT2D eigenvalue weighted by molar-refractivity contribution is 5.97. The highest BCUT2D eigenvalue weighted by Gasteiger charge is 2.39. The maximum absolute atomic E-state index is 14.0. The molecule has 31 heavy (non-hydrogen) atoms. The Bertz CT molecular complexity index is 1170. The van der Waals surface area contributed by atoms with Gasteiger partial charge in [0, 0.05) is 18.1 Å². The number of aryl methyl sites for hydroxylation is 1. The summed E-state index contributed by atoms with van der Waals surface area (Å²) in [6.07, 6.45) is 12.3. The summed E-state index contributed by atoms with van der Waals surface area (Å²) in [5.74, 6) is 2.05. The molecule has 0 saturated heterocycles. The molecule has 3 aliphatic carbocycles. The Morgan fingerprint density at radius 3 is 2.77 bits per heavy atom. The normalized spacial score (nSPS) is 26.2. The van der Waals surface area contributed by atoms with Crippen LogP contribution in [0.3, 0.4) is 0 Å². The average molecular weight is 409 g/mol. The molecule has 3 aliphatic rings. The molecule has 6 rings (SSSR count). The molecular formula is C28H28N2O. The van der Waals surface area contributed by atoms with E-state index in [1.807, 2.05) is 30.3 Å². The molecule has 1 aromatic heterocycles. The van der Waals surface area contributed by atoms with Gasteiger partial charge in [0.05, 0.1) is 17.1 Å². The van der Waals surface area contributed by atoms with Crippen molar-refractivity contribution in [1.82, 2.24) is 9.88 Å². The molecule has 3 aromatic rings. The Hall–Kier alpha value is -2.94. The largest absolute Gasteiger partial charge is 0.331 e. The lowest BCUT2D eigenvalue weighted by atomic mass is 9.85. The van der Waals surface area contributed by atoms with Crippen LogP contribution < -0.4 is 0 Å². The van der Waals surface area contributed by atoms with Crippen molar-refractivity contribution in [1.29, 1.82) is 0 Å². The van der Waals surface area contributed by atoms with Crippen molar-refractivity contribution in [2.24, 2.45) is 17.8 Å². The van der Waals surface area contributed by atoms with Crippen LogP contribution in [0.2, 0.25) is 0 Å². The number of pyridine rings is 1. The van der Waals surface area contributed by atoms with Gasteiger partial charge in [-0.05, 0) is 73.1 Å². The number of rotatable bonds is 4. The van der Waals surface area contributed by atoms with Gasteiger partial charge in [0.15, 0.2) is 0 Å². The molecule has 1 amide bonds. The molecule has 1 saturated carbocycles. The van der Waals surface area contributed by atoms with Gasteiger partial charge in [-0.25, -0.2) is 0 Å². The first-order valence-corrected chi connectivity index (χ1v) is 11.7.